The first-order chi connectivity index (χ1) is 7.66. The monoisotopic (exact) mass is 216 g/mol. The number of halogens is 1. The molecule has 0 atom stereocenters. The summed E-state index contributed by atoms with van der Waals surface area (Å²) in [5, 5.41) is 0.865. The van der Waals surface area contributed by atoms with Crippen molar-refractivity contribution in [1.29, 1.82) is 0 Å². The smallest absolute Gasteiger partial charge is 0.274 e. The molecule has 0 radical (unpaired) electrons. The normalized spacial score (nSPS) is 11.4. The molecule has 0 aliphatic rings. The molecule has 0 saturated carbocycles. The van der Waals surface area contributed by atoms with Gasteiger partial charge < -0.3 is 8.97 Å². The minimum Gasteiger partial charge on any atom is -0.315 e. The topological polar surface area (TPSA) is 26.4 Å². The van der Waals surface area contributed by atoms with Gasteiger partial charge in [0.2, 0.25) is 0 Å². The third kappa shape index (κ3) is 1.10. The van der Waals surface area contributed by atoms with Crippen LogP contribution in [0.2, 0.25) is 0 Å². The molecular weight excluding hydrogens is 207 g/mol. The van der Waals surface area contributed by atoms with Crippen LogP contribution in [0.25, 0.3) is 16.4 Å². The van der Waals surface area contributed by atoms with E-state index in [0.29, 0.717) is 11.0 Å². The van der Waals surface area contributed by atoms with Crippen molar-refractivity contribution in [3.05, 3.63) is 52.8 Å². The number of hydrogen-bond donors (Lipinski definition) is 0. The number of fused-ring (bicyclic) bond motifs is 3. The molecule has 0 spiro atoms. The SMILES string of the molecule is Cn1ccn2c(cc3ccc(F)cc32)c1=O. The molecule has 0 bridgehead atoms. The number of aryl methyl sites for hydroxylation is 1. The summed E-state index contributed by atoms with van der Waals surface area (Å²) in [6.07, 6.45) is 3.43. The lowest BCUT2D eigenvalue weighted by atomic mass is 10.2. The average molecular weight is 216 g/mol. The van der Waals surface area contributed by atoms with Gasteiger partial charge in [-0.25, -0.2) is 4.39 Å². The van der Waals surface area contributed by atoms with Crippen molar-refractivity contribution >= 4 is 16.4 Å². The molecule has 0 fully saturated rings. The molecule has 0 saturated heterocycles. The standard InChI is InChI=1S/C12H9FN2O/c1-14-4-5-15-10-7-9(13)3-2-8(10)6-11(15)12(14)16/h2-7H,1H3. The quantitative estimate of drug-likeness (QED) is 0.564. The van der Waals surface area contributed by atoms with Gasteiger partial charge in [-0.15, -0.1) is 0 Å². The number of benzene rings is 1. The molecule has 4 heteroatoms. The van der Waals surface area contributed by atoms with Gasteiger partial charge >= 0.3 is 0 Å². The molecule has 3 nitrogen and oxygen atoms in total. The Hall–Kier alpha value is -2.10. The second kappa shape index (κ2) is 2.95. The number of rotatable bonds is 0. The zero-order valence-corrected chi connectivity index (χ0v) is 8.64. The maximum absolute atomic E-state index is 13.1. The van der Waals surface area contributed by atoms with Crippen molar-refractivity contribution in [3.8, 4) is 0 Å². The third-order valence-electron chi connectivity index (χ3n) is 2.78. The summed E-state index contributed by atoms with van der Waals surface area (Å²) in [4.78, 5) is 11.8. The molecule has 3 aromatic rings. The van der Waals surface area contributed by atoms with E-state index in [9.17, 15) is 9.18 Å². The molecule has 0 aliphatic carbocycles. The molecule has 2 heterocycles. The first-order valence-electron chi connectivity index (χ1n) is 4.93. The molecule has 0 unspecified atom stereocenters. The summed E-state index contributed by atoms with van der Waals surface area (Å²) in [5.41, 5.74) is 1.19. The van der Waals surface area contributed by atoms with Crippen LogP contribution in [0.1, 0.15) is 0 Å². The minimum absolute atomic E-state index is 0.0842. The lowest BCUT2D eigenvalue weighted by Crippen LogP contribution is -2.17. The van der Waals surface area contributed by atoms with Crippen LogP contribution in [0.4, 0.5) is 4.39 Å². The van der Waals surface area contributed by atoms with E-state index in [4.69, 9.17) is 0 Å². The van der Waals surface area contributed by atoms with E-state index in [1.807, 2.05) is 0 Å². The van der Waals surface area contributed by atoms with Crippen molar-refractivity contribution in [3.63, 3.8) is 0 Å². The van der Waals surface area contributed by atoms with Gasteiger partial charge in [-0.1, -0.05) is 0 Å². The van der Waals surface area contributed by atoms with Gasteiger partial charge in [0.15, 0.2) is 0 Å². The molecule has 0 amide bonds. The van der Waals surface area contributed by atoms with Gasteiger partial charge in [0.25, 0.3) is 5.56 Å². The van der Waals surface area contributed by atoms with Crippen LogP contribution >= 0.6 is 0 Å². The molecule has 3 rings (SSSR count). The Labute approximate surface area is 90.4 Å². The van der Waals surface area contributed by atoms with Gasteiger partial charge in [0, 0.05) is 24.8 Å². The molecular formula is C12H9FN2O. The van der Waals surface area contributed by atoms with Crippen molar-refractivity contribution in [2.45, 2.75) is 0 Å². The summed E-state index contributed by atoms with van der Waals surface area (Å²) < 4.78 is 16.3. The van der Waals surface area contributed by atoms with Crippen LogP contribution in [0, 0.1) is 5.82 Å². The second-order valence-electron chi connectivity index (χ2n) is 3.82. The van der Waals surface area contributed by atoms with Gasteiger partial charge in [-0.2, -0.15) is 0 Å². The number of aromatic nitrogens is 2. The molecule has 0 N–H and O–H groups in total. The van der Waals surface area contributed by atoms with Crippen LogP contribution in [-0.2, 0) is 7.05 Å². The fraction of sp³-hybridized carbons (Fsp3) is 0.0833. The van der Waals surface area contributed by atoms with Crippen molar-refractivity contribution in [2.24, 2.45) is 7.05 Å². The fourth-order valence-corrected chi connectivity index (χ4v) is 1.93. The Morgan fingerprint density at radius 3 is 2.75 bits per heavy atom. The van der Waals surface area contributed by atoms with E-state index in [1.165, 1.54) is 16.7 Å². The van der Waals surface area contributed by atoms with E-state index in [1.54, 1.807) is 36.0 Å². The summed E-state index contributed by atoms with van der Waals surface area (Å²) in [5.74, 6) is -0.298. The van der Waals surface area contributed by atoms with Gasteiger partial charge in [-0.05, 0) is 24.3 Å². The molecule has 1 aromatic carbocycles. The van der Waals surface area contributed by atoms with Crippen molar-refractivity contribution < 1.29 is 4.39 Å². The largest absolute Gasteiger partial charge is 0.315 e. The Kier molecular flexibility index (Phi) is 1.68. The van der Waals surface area contributed by atoms with Crippen molar-refractivity contribution in [2.75, 3.05) is 0 Å². The molecule has 2 aromatic heterocycles. The molecule has 80 valence electrons. The Bertz CT molecular complexity index is 755. The predicted octanol–water partition coefficient (Wildman–Crippen LogP) is 1.93. The van der Waals surface area contributed by atoms with E-state index in [2.05, 4.69) is 0 Å². The van der Waals surface area contributed by atoms with Gasteiger partial charge in [0.05, 0.1) is 5.52 Å². The Morgan fingerprint density at radius 2 is 1.94 bits per heavy atom. The Balaban J connectivity index is 2.61. The predicted molar refractivity (Wildman–Crippen MR) is 60.1 cm³/mol. The summed E-state index contributed by atoms with van der Waals surface area (Å²) in [7, 11) is 1.70. The zero-order valence-electron chi connectivity index (χ0n) is 8.64. The molecule has 0 aliphatic heterocycles. The maximum atomic E-state index is 13.1. The third-order valence-corrected chi connectivity index (χ3v) is 2.78. The van der Waals surface area contributed by atoms with Gasteiger partial charge in [-0.3, -0.25) is 4.79 Å². The number of nitrogens with zero attached hydrogens (tertiary/aromatic N) is 2. The van der Waals surface area contributed by atoms with Crippen LogP contribution in [0.15, 0.2) is 41.5 Å². The highest BCUT2D eigenvalue weighted by Crippen LogP contribution is 2.18. The van der Waals surface area contributed by atoms with Crippen LogP contribution < -0.4 is 5.56 Å². The summed E-state index contributed by atoms with van der Waals surface area (Å²) in [6, 6.07) is 6.28. The minimum atomic E-state index is -0.298. The Morgan fingerprint density at radius 1 is 1.12 bits per heavy atom. The summed E-state index contributed by atoms with van der Waals surface area (Å²) in [6.45, 7) is 0. The van der Waals surface area contributed by atoms with E-state index in [0.717, 1.165) is 5.39 Å². The summed E-state index contributed by atoms with van der Waals surface area (Å²) >= 11 is 0. The average Bonchev–Trinajstić information content (AvgIpc) is 2.62. The lowest BCUT2D eigenvalue weighted by Gasteiger charge is -1.99. The lowest BCUT2D eigenvalue weighted by molar-refractivity contribution is 0.629. The van der Waals surface area contributed by atoms with E-state index < -0.39 is 0 Å². The fourth-order valence-electron chi connectivity index (χ4n) is 1.93. The van der Waals surface area contributed by atoms with Gasteiger partial charge in [0.1, 0.15) is 11.3 Å². The first kappa shape index (κ1) is 9.15. The first-order valence-corrected chi connectivity index (χ1v) is 4.93. The van der Waals surface area contributed by atoms with Crippen LogP contribution in [0.3, 0.4) is 0 Å². The highest BCUT2D eigenvalue weighted by Gasteiger charge is 2.06. The van der Waals surface area contributed by atoms with E-state index in [-0.39, 0.29) is 11.4 Å². The highest BCUT2D eigenvalue weighted by atomic mass is 19.1. The van der Waals surface area contributed by atoms with E-state index >= 15 is 0 Å². The maximum Gasteiger partial charge on any atom is 0.274 e. The zero-order chi connectivity index (χ0) is 11.3. The van der Waals surface area contributed by atoms with Crippen LogP contribution in [0.5, 0.6) is 0 Å². The van der Waals surface area contributed by atoms with Crippen LogP contribution in [-0.4, -0.2) is 8.97 Å². The highest BCUT2D eigenvalue weighted by molar-refractivity contribution is 5.86. The second-order valence-corrected chi connectivity index (χ2v) is 3.82. The molecule has 16 heavy (non-hydrogen) atoms. The van der Waals surface area contributed by atoms with Crippen molar-refractivity contribution in [1.82, 2.24) is 8.97 Å². The number of hydrogen-bond acceptors (Lipinski definition) is 1.